The Kier molecular flexibility index (Phi) is 4.97. The van der Waals surface area contributed by atoms with E-state index >= 15 is 0 Å². The summed E-state index contributed by atoms with van der Waals surface area (Å²) in [5.41, 5.74) is 1.79. The minimum atomic E-state index is 0.356. The number of nitrogens with zero attached hydrogens (tertiary/aromatic N) is 1. The topological polar surface area (TPSA) is 34.1 Å². The Morgan fingerprint density at radius 3 is 3.04 bits per heavy atom. The molecule has 0 radical (unpaired) electrons. The van der Waals surface area contributed by atoms with E-state index in [-0.39, 0.29) is 0 Å². The van der Waals surface area contributed by atoms with Crippen LogP contribution in [0, 0.1) is 0 Å². The highest BCUT2D eigenvalue weighted by atomic mass is 35.5. The second-order valence-corrected chi connectivity index (χ2v) is 8.65. The molecule has 1 saturated heterocycles. The number of nitrogens with one attached hydrogen (secondary N) is 1. The molecule has 126 valence electrons. The van der Waals surface area contributed by atoms with Crippen molar-refractivity contribution in [2.75, 3.05) is 18.5 Å². The molecule has 0 aliphatic carbocycles. The number of hydrogen-bond acceptors (Lipinski definition) is 5. The molecule has 0 spiro atoms. The molecular weight excluding hydrogens is 383 g/mol. The Morgan fingerprint density at radius 2 is 2.29 bits per heavy atom. The fraction of sp³-hybridized carbons (Fsp3) is 0.353. The van der Waals surface area contributed by atoms with Crippen molar-refractivity contribution in [1.82, 2.24) is 4.98 Å². The van der Waals surface area contributed by atoms with Gasteiger partial charge in [-0.1, -0.05) is 29.3 Å². The van der Waals surface area contributed by atoms with Crippen molar-refractivity contribution in [2.45, 2.75) is 25.3 Å². The lowest BCUT2D eigenvalue weighted by molar-refractivity contribution is 0.0814. The number of halogens is 2. The number of pyridine rings is 1. The van der Waals surface area contributed by atoms with Crippen LogP contribution >= 0.6 is 45.9 Å². The van der Waals surface area contributed by atoms with Crippen LogP contribution < -0.4 is 5.32 Å². The van der Waals surface area contributed by atoms with E-state index in [1.54, 1.807) is 22.7 Å². The van der Waals surface area contributed by atoms with Gasteiger partial charge in [-0.15, -0.1) is 22.7 Å². The number of fused-ring (bicyclic) bond motifs is 1. The first-order chi connectivity index (χ1) is 11.7. The summed E-state index contributed by atoms with van der Waals surface area (Å²) in [6.07, 6.45) is 2.19. The van der Waals surface area contributed by atoms with Crippen LogP contribution in [0.3, 0.4) is 0 Å². The summed E-state index contributed by atoms with van der Waals surface area (Å²) >= 11 is 16.3. The van der Waals surface area contributed by atoms with Gasteiger partial charge in [-0.2, -0.15) is 0 Å². The highest BCUT2D eigenvalue weighted by molar-refractivity contribution is 7.20. The predicted molar refractivity (Wildman–Crippen MR) is 104 cm³/mol. The Bertz CT molecular complexity index is 842. The fourth-order valence-electron chi connectivity index (χ4n) is 2.96. The third-order valence-electron chi connectivity index (χ3n) is 4.14. The SMILES string of the molecule is Clc1cc(NCc2cccs2)c2sc(C3CCCOC3)c(Cl)c2n1. The molecule has 24 heavy (non-hydrogen) atoms. The zero-order valence-electron chi connectivity index (χ0n) is 12.9. The van der Waals surface area contributed by atoms with Gasteiger partial charge in [0.05, 0.1) is 22.0 Å². The quantitative estimate of drug-likeness (QED) is 0.533. The van der Waals surface area contributed by atoms with E-state index in [0.717, 1.165) is 53.5 Å². The van der Waals surface area contributed by atoms with Crippen molar-refractivity contribution in [3.63, 3.8) is 0 Å². The first-order valence-corrected chi connectivity index (χ1v) is 10.3. The maximum atomic E-state index is 6.64. The summed E-state index contributed by atoms with van der Waals surface area (Å²) < 4.78 is 6.70. The molecule has 0 aromatic carbocycles. The molecule has 4 heterocycles. The van der Waals surface area contributed by atoms with Crippen molar-refractivity contribution in [3.05, 3.63) is 43.5 Å². The van der Waals surface area contributed by atoms with Crippen LogP contribution in [-0.4, -0.2) is 18.2 Å². The monoisotopic (exact) mass is 398 g/mol. The summed E-state index contributed by atoms with van der Waals surface area (Å²) in [6.45, 7) is 2.35. The summed E-state index contributed by atoms with van der Waals surface area (Å²) in [7, 11) is 0. The molecule has 7 heteroatoms. The lowest BCUT2D eigenvalue weighted by Crippen LogP contribution is -2.14. The van der Waals surface area contributed by atoms with Crippen molar-refractivity contribution < 1.29 is 4.74 Å². The molecule has 0 amide bonds. The van der Waals surface area contributed by atoms with Crippen LogP contribution in [0.2, 0.25) is 10.2 Å². The number of rotatable bonds is 4. The summed E-state index contributed by atoms with van der Waals surface area (Å²) in [6, 6.07) is 6.05. The Hall–Kier alpha value is -0.850. The maximum Gasteiger partial charge on any atom is 0.131 e. The van der Waals surface area contributed by atoms with Gasteiger partial charge >= 0.3 is 0 Å². The first-order valence-electron chi connectivity index (χ1n) is 7.85. The van der Waals surface area contributed by atoms with Crippen molar-refractivity contribution in [3.8, 4) is 0 Å². The van der Waals surface area contributed by atoms with Gasteiger partial charge in [0.2, 0.25) is 0 Å². The zero-order valence-corrected chi connectivity index (χ0v) is 16.0. The van der Waals surface area contributed by atoms with E-state index < -0.39 is 0 Å². The highest BCUT2D eigenvalue weighted by Gasteiger charge is 2.24. The first kappa shape index (κ1) is 16.6. The molecule has 4 rings (SSSR count). The van der Waals surface area contributed by atoms with Gasteiger partial charge in [0.15, 0.2) is 0 Å². The minimum Gasteiger partial charge on any atom is -0.381 e. The highest BCUT2D eigenvalue weighted by Crippen LogP contribution is 2.44. The molecule has 1 fully saturated rings. The van der Waals surface area contributed by atoms with Crippen LogP contribution in [0.4, 0.5) is 5.69 Å². The normalized spacial score (nSPS) is 18.2. The van der Waals surface area contributed by atoms with Crippen LogP contribution in [-0.2, 0) is 11.3 Å². The van der Waals surface area contributed by atoms with Gasteiger partial charge in [-0.25, -0.2) is 4.98 Å². The maximum absolute atomic E-state index is 6.64. The molecule has 0 bridgehead atoms. The molecular formula is C17H16Cl2N2OS2. The second-order valence-electron chi connectivity index (χ2n) is 5.80. The number of thiophene rings is 2. The Balaban J connectivity index is 1.70. The molecule has 3 aromatic heterocycles. The van der Waals surface area contributed by atoms with Crippen molar-refractivity contribution in [2.24, 2.45) is 0 Å². The van der Waals surface area contributed by atoms with E-state index in [1.807, 2.05) is 6.07 Å². The molecule has 0 saturated carbocycles. The van der Waals surface area contributed by atoms with Crippen LogP contribution in [0.1, 0.15) is 28.5 Å². The van der Waals surface area contributed by atoms with E-state index in [0.29, 0.717) is 11.1 Å². The van der Waals surface area contributed by atoms with E-state index in [2.05, 4.69) is 27.8 Å². The Labute approximate surface area is 158 Å². The zero-order chi connectivity index (χ0) is 16.5. The third-order valence-corrected chi connectivity index (χ3v) is 7.08. The molecule has 1 atom stereocenters. The molecule has 3 aromatic rings. The Morgan fingerprint density at radius 1 is 1.38 bits per heavy atom. The number of anilines is 1. The molecule has 1 N–H and O–H groups in total. The largest absolute Gasteiger partial charge is 0.381 e. The minimum absolute atomic E-state index is 0.356. The van der Waals surface area contributed by atoms with Gasteiger partial charge in [0.25, 0.3) is 0 Å². The van der Waals surface area contributed by atoms with E-state index in [9.17, 15) is 0 Å². The van der Waals surface area contributed by atoms with Crippen LogP contribution in [0.15, 0.2) is 23.6 Å². The van der Waals surface area contributed by atoms with Gasteiger partial charge in [0, 0.05) is 34.9 Å². The lowest BCUT2D eigenvalue weighted by atomic mass is 10.0. The molecule has 1 aliphatic heterocycles. The third kappa shape index (κ3) is 3.28. The number of aromatic nitrogens is 1. The second kappa shape index (κ2) is 7.18. The van der Waals surface area contributed by atoms with Crippen LogP contribution in [0.5, 0.6) is 0 Å². The van der Waals surface area contributed by atoms with Crippen molar-refractivity contribution in [1.29, 1.82) is 0 Å². The standard InChI is InChI=1S/C17H16Cl2N2OS2/c18-13-7-12(20-8-11-4-2-6-23-11)17-15(21-13)14(19)16(24-17)10-3-1-5-22-9-10/h2,4,6-7,10H,1,3,5,8-9H2,(H,20,21). The number of ether oxygens (including phenoxy) is 1. The van der Waals surface area contributed by atoms with Gasteiger partial charge < -0.3 is 10.1 Å². The van der Waals surface area contributed by atoms with Gasteiger partial charge in [0.1, 0.15) is 10.7 Å². The van der Waals surface area contributed by atoms with E-state index in [1.165, 1.54) is 9.75 Å². The molecule has 1 aliphatic rings. The van der Waals surface area contributed by atoms with Gasteiger partial charge in [-0.3, -0.25) is 0 Å². The summed E-state index contributed by atoms with van der Waals surface area (Å²) in [5, 5.41) is 6.75. The summed E-state index contributed by atoms with van der Waals surface area (Å²) in [5.74, 6) is 0.356. The van der Waals surface area contributed by atoms with E-state index in [4.69, 9.17) is 27.9 Å². The lowest BCUT2D eigenvalue weighted by Gasteiger charge is -2.21. The smallest absolute Gasteiger partial charge is 0.131 e. The van der Waals surface area contributed by atoms with Crippen molar-refractivity contribution >= 4 is 61.8 Å². The molecule has 3 nitrogen and oxygen atoms in total. The van der Waals surface area contributed by atoms with Gasteiger partial charge in [-0.05, 0) is 24.3 Å². The summed E-state index contributed by atoms with van der Waals surface area (Å²) in [4.78, 5) is 6.91. The average Bonchev–Trinajstić information content (AvgIpc) is 3.22. The fourth-order valence-corrected chi connectivity index (χ4v) is 5.51. The molecule has 1 unspecified atom stereocenters. The predicted octanol–water partition coefficient (Wildman–Crippen LogP) is 6.17. The number of hydrogen-bond donors (Lipinski definition) is 1. The average molecular weight is 399 g/mol. The van der Waals surface area contributed by atoms with Crippen LogP contribution in [0.25, 0.3) is 10.2 Å².